The van der Waals surface area contributed by atoms with Crippen molar-refractivity contribution < 1.29 is 4.74 Å². The molecule has 0 saturated carbocycles. The highest BCUT2D eigenvalue weighted by Crippen LogP contribution is 2.15. The van der Waals surface area contributed by atoms with Crippen LogP contribution in [-0.2, 0) is 4.74 Å². The highest BCUT2D eigenvalue weighted by atomic mass is 127. The molecule has 0 aliphatic carbocycles. The molecule has 3 N–H and O–H groups in total. The van der Waals surface area contributed by atoms with Gasteiger partial charge in [-0.2, -0.15) is 0 Å². The molecule has 3 nitrogen and oxygen atoms in total. The third kappa shape index (κ3) is 3.22. The van der Waals surface area contributed by atoms with Crippen LogP contribution in [-0.4, -0.2) is 13.7 Å². The van der Waals surface area contributed by atoms with Crippen molar-refractivity contribution in [3.05, 3.63) is 33.4 Å². The van der Waals surface area contributed by atoms with Gasteiger partial charge in [0.15, 0.2) is 0 Å². The van der Waals surface area contributed by atoms with E-state index in [4.69, 9.17) is 10.6 Å². The molecule has 1 aromatic rings. The highest BCUT2D eigenvalue weighted by Gasteiger charge is 2.08. The third-order valence-corrected chi connectivity index (χ3v) is 2.46. The van der Waals surface area contributed by atoms with Crippen LogP contribution in [0.15, 0.2) is 24.3 Å². The molecule has 4 heteroatoms. The largest absolute Gasteiger partial charge is 0.383 e. The summed E-state index contributed by atoms with van der Waals surface area (Å²) in [5.74, 6) is 5.41. The molecule has 0 amide bonds. The second kappa shape index (κ2) is 5.54. The van der Waals surface area contributed by atoms with E-state index in [2.05, 4.69) is 34.1 Å². The maximum absolute atomic E-state index is 5.41. The number of methoxy groups -OCH3 is 1. The van der Waals surface area contributed by atoms with Crippen molar-refractivity contribution in [3.63, 3.8) is 0 Å². The molecule has 0 aliphatic rings. The predicted octanol–water partition coefficient (Wildman–Crippen LogP) is 1.44. The van der Waals surface area contributed by atoms with Gasteiger partial charge < -0.3 is 4.74 Å². The fourth-order valence-electron chi connectivity index (χ4n) is 1.13. The summed E-state index contributed by atoms with van der Waals surface area (Å²) in [6.07, 6.45) is 0. The molecule has 13 heavy (non-hydrogen) atoms. The SMILES string of the molecule is COCC(NN)c1cccc(I)c1. The van der Waals surface area contributed by atoms with Crippen LogP contribution in [0.3, 0.4) is 0 Å². The molecular weight excluding hydrogens is 279 g/mol. The van der Waals surface area contributed by atoms with Crippen LogP contribution in [0.2, 0.25) is 0 Å². The quantitative estimate of drug-likeness (QED) is 0.501. The van der Waals surface area contributed by atoms with Crippen LogP contribution in [0.4, 0.5) is 0 Å². The first kappa shape index (κ1) is 10.9. The second-order valence-electron chi connectivity index (χ2n) is 2.73. The lowest BCUT2D eigenvalue weighted by atomic mass is 10.1. The lowest BCUT2D eigenvalue weighted by Gasteiger charge is -2.15. The van der Waals surface area contributed by atoms with Crippen LogP contribution in [0.5, 0.6) is 0 Å². The number of nitrogens with one attached hydrogen (secondary N) is 1. The topological polar surface area (TPSA) is 47.3 Å². The van der Waals surface area contributed by atoms with Gasteiger partial charge in [0.2, 0.25) is 0 Å². The molecule has 1 atom stereocenters. The summed E-state index contributed by atoms with van der Waals surface area (Å²) in [6.45, 7) is 0.580. The van der Waals surface area contributed by atoms with E-state index in [9.17, 15) is 0 Å². The van der Waals surface area contributed by atoms with Crippen molar-refractivity contribution in [2.24, 2.45) is 5.84 Å². The van der Waals surface area contributed by atoms with Gasteiger partial charge in [0, 0.05) is 10.7 Å². The minimum Gasteiger partial charge on any atom is -0.383 e. The molecule has 1 unspecified atom stereocenters. The van der Waals surface area contributed by atoms with Crippen molar-refractivity contribution in [3.8, 4) is 0 Å². The van der Waals surface area contributed by atoms with Gasteiger partial charge in [-0.3, -0.25) is 11.3 Å². The minimum atomic E-state index is 0.0692. The maximum atomic E-state index is 5.41. The maximum Gasteiger partial charge on any atom is 0.0694 e. The Morgan fingerprint density at radius 2 is 2.38 bits per heavy atom. The molecule has 0 heterocycles. The Hall–Kier alpha value is -0.170. The van der Waals surface area contributed by atoms with E-state index in [1.54, 1.807) is 7.11 Å². The Labute approximate surface area is 91.8 Å². The average Bonchev–Trinajstić information content (AvgIpc) is 2.14. The van der Waals surface area contributed by atoms with Gasteiger partial charge in [-0.1, -0.05) is 12.1 Å². The lowest BCUT2D eigenvalue weighted by molar-refractivity contribution is 0.167. The van der Waals surface area contributed by atoms with E-state index in [-0.39, 0.29) is 6.04 Å². The molecule has 0 saturated heterocycles. The van der Waals surface area contributed by atoms with Crippen LogP contribution < -0.4 is 11.3 Å². The average molecular weight is 292 g/mol. The molecule has 0 radical (unpaired) electrons. The van der Waals surface area contributed by atoms with E-state index in [1.165, 1.54) is 3.57 Å². The zero-order valence-electron chi connectivity index (χ0n) is 7.46. The molecule has 0 aromatic heterocycles. The standard InChI is InChI=1S/C9H13IN2O/c1-13-6-9(12-11)7-3-2-4-8(10)5-7/h2-5,9,12H,6,11H2,1H3. The van der Waals surface area contributed by atoms with E-state index in [0.717, 1.165) is 5.56 Å². The summed E-state index contributed by atoms with van der Waals surface area (Å²) in [5.41, 5.74) is 3.87. The van der Waals surface area contributed by atoms with E-state index in [1.807, 2.05) is 18.2 Å². The van der Waals surface area contributed by atoms with Crippen LogP contribution in [0.25, 0.3) is 0 Å². The van der Waals surface area contributed by atoms with E-state index >= 15 is 0 Å². The Kier molecular flexibility index (Phi) is 4.65. The third-order valence-electron chi connectivity index (χ3n) is 1.79. The number of rotatable bonds is 4. The van der Waals surface area contributed by atoms with Crippen molar-refractivity contribution in [2.45, 2.75) is 6.04 Å². The molecule has 0 bridgehead atoms. The zero-order valence-corrected chi connectivity index (χ0v) is 9.61. The molecule has 0 fully saturated rings. The Balaban J connectivity index is 2.78. The molecule has 72 valence electrons. The van der Waals surface area contributed by atoms with Crippen molar-refractivity contribution in [1.29, 1.82) is 0 Å². The number of hydrazine groups is 1. The summed E-state index contributed by atoms with van der Waals surface area (Å²) in [6, 6.07) is 8.25. The Morgan fingerprint density at radius 3 is 2.92 bits per heavy atom. The minimum absolute atomic E-state index is 0.0692. The van der Waals surface area contributed by atoms with Gasteiger partial charge >= 0.3 is 0 Å². The van der Waals surface area contributed by atoms with Gasteiger partial charge in [0.05, 0.1) is 12.6 Å². The Morgan fingerprint density at radius 1 is 1.62 bits per heavy atom. The molecular formula is C9H13IN2O. The first-order valence-electron chi connectivity index (χ1n) is 3.98. The zero-order chi connectivity index (χ0) is 9.68. The molecule has 1 rings (SSSR count). The van der Waals surface area contributed by atoms with Crippen LogP contribution in [0.1, 0.15) is 11.6 Å². The summed E-state index contributed by atoms with van der Waals surface area (Å²) < 4.78 is 6.24. The van der Waals surface area contributed by atoms with Gasteiger partial charge in [0.1, 0.15) is 0 Å². The summed E-state index contributed by atoms with van der Waals surface area (Å²) in [4.78, 5) is 0. The number of hydrogen-bond acceptors (Lipinski definition) is 3. The molecule has 0 spiro atoms. The summed E-state index contributed by atoms with van der Waals surface area (Å²) in [5, 5.41) is 0. The van der Waals surface area contributed by atoms with Crippen LogP contribution in [0, 0.1) is 3.57 Å². The van der Waals surface area contributed by atoms with Gasteiger partial charge in [-0.25, -0.2) is 0 Å². The van der Waals surface area contributed by atoms with Crippen molar-refractivity contribution >= 4 is 22.6 Å². The fraction of sp³-hybridized carbons (Fsp3) is 0.333. The molecule has 1 aromatic carbocycles. The smallest absolute Gasteiger partial charge is 0.0694 e. The monoisotopic (exact) mass is 292 g/mol. The van der Waals surface area contributed by atoms with Crippen LogP contribution >= 0.6 is 22.6 Å². The number of benzene rings is 1. The lowest BCUT2D eigenvalue weighted by Crippen LogP contribution is -2.31. The first-order chi connectivity index (χ1) is 6.27. The van der Waals surface area contributed by atoms with Gasteiger partial charge in [-0.05, 0) is 40.3 Å². The predicted molar refractivity (Wildman–Crippen MR) is 61.1 cm³/mol. The highest BCUT2D eigenvalue weighted by molar-refractivity contribution is 14.1. The van der Waals surface area contributed by atoms with Gasteiger partial charge in [0.25, 0.3) is 0 Å². The summed E-state index contributed by atoms with van der Waals surface area (Å²) >= 11 is 2.27. The summed E-state index contributed by atoms with van der Waals surface area (Å²) in [7, 11) is 1.66. The van der Waals surface area contributed by atoms with Gasteiger partial charge in [-0.15, -0.1) is 0 Å². The number of nitrogens with two attached hydrogens (primary N) is 1. The van der Waals surface area contributed by atoms with E-state index < -0.39 is 0 Å². The number of ether oxygens (including phenoxy) is 1. The molecule has 0 aliphatic heterocycles. The normalized spacial score (nSPS) is 12.8. The Bertz CT molecular complexity index is 268. The fourth-order valence-corrected chi connectivity index (χ4v) is 1.70. The number of hydrogen-bond donors (Lipinski definition) is 2. The van der Waals surface area contributed by atoms with Crippen molar-refractivity contribution in [1.82, 2.24) is 5.43 Å². The first-order valence-corrected chi connectivity index (χ1v) is 5.06. The van der Waals surface area contributed by atoms with Crippen molar-refractivity contribution in [2.75, 3.05) is 13.7 Å². The second-order valence-corrected chi connectivity index (χ2v) is 3.98. The number of halogens is 1. The van der Waals surface area contributed by atoms with E-state index in [0.29, 0.717) is 6.61 Å².